The van der Waals surface area contributed by atoms with E-state index < -0.39 is 34.3 Å². The quantitative estimate of drug-likeness (QED) is 0.331. The van der Waals surface area contributed by atoms with Gasteiger partial charge in [-0.1, -0.05) is 12.1 Å². The summed E-state index contributed by atoms with van der Waals surface area (Å²) in [6, 6.07) is 13.8. The molecule has 0 saturated carbocycles. The Bertz CT molecular complexity index is 1650. The molecule has 0 spiro atoms. The van der Waals surface area contributed by atoms with Crippen LogP contribution in [0.3, 0.4) is 0 Å². The van der Waals surface area contributed by atoms with Crippen molar-refractivity contribution < 1.29 is 45.0 Å². The summed E-state index contributed by atoms with van der Waals surface area (Å²) < 4.78 is 85.2. The van der Waals surface area contributed by atoms with Crippen LogP contribution in [0.5, 0.6) is 11.5 Å². The fraction of sp³-hybridized carbons (Fsp3) is 0.406. The van der Waals surface area contributed by atoms with Gasteiger partial charge in [0.2, 0.25) is 0 Å². The zero-order valence-electron chi connectivity index (χ0n) is 25.5. The Morgan fingerprint density at radius 1 is 0.936 bits per heavy atom. The molecule has 0 bridgehead atoms. The molecule has 252 valence electrons. The van der Waals surface area contributed by atoms with Crippen LogP contribution in [0.4, 0.5) is 17.6 Å². The maximum absolute atomic E-state index is 15.0. The highest BCUT2D eigenvalue weighted by Crippen LogP contribution is 2.25. The van der Waals surface area contributed by atoms with Gasteiger partial charge < -0.3 is 19.7 Å². The Balaban J connectivity index is 1.06. The van der Waals surface area contributed by atoms with E-state index in [0.717, 1.165) is 6.26 Å². The van der Waals surface area contributed by atoms with Crippen molar-refractivity contribution in [2.75, 3.05) is 32.4 Å². The number of carbonyl (C=O) groups is 2. The summed E-state index contributed by atoms with van der Waals surface area (Å²) in [7, 11) is -3.30. The van der Waals surface area contributed by atoms with Gasteiger partial charge in [0, 0.05) is 58.0 Å². The Labute approximate surface area is 269 Å². The van der Waals surface area contributed by atoms with Gasteiger partial charge in [-0.3, -0.25) is 19.5 Å². The third kappa shape index (κ3) is 9.41. The van der Waals surface area contributed by atoms with Gasteiger partial charge in [0.05, 0.1) is 16.5 Å². The predicted octanol–water partition coefficient (Wildman–Crippen LogP) is 4.41. The van der Waals surface area contributed by atoms with E-state index in [1.807, 2.05) is 4.90 Å². The van der Waals surface area contributed by atoms with Crippen molar-refractivity contribution in [1.29, 1.82) is 0 Å². The zero-order chi connectivity index (χ0) is 33.8. The van der Waals surface area contributed by atoms with Gasteiger partial charge >= 0.3 is 6.36 Å². The predicted molar refractivity (Wildman–Crippen MR) is 163 cm³/mol. The number of hydrogen-bond donors (Lipinski definition) is 1. The SMILES string of the molecule is CS(=O)(=O)c1ccc(OC2CCN(C(=O)c3ccc(C(=O)NC4CCN(Cc5ccc(OC(F)(F)F)cc5)CC4F)nc3)CC2)cc1. The van der Waals surface area contributed by atoms with E-state index in [0.29, 0.717) is 62.3 Å². The molecule has 2 aliphatic heterocycles. The molecule has 2 fully saturated rings. The molecule has 15 heteroatoms. The molecule has 2 aromatic carbocycles. The van der Waals surface area contributed by atoms with Gasteiger partial charge in [0.15, 0.2) is 9.84 Å². The van der Waals surface area contributed by atoms with Crippen molar-refractivity contribution in [2.45, 2.75) is 55.4 Å². The molecule has 3 heterocycles. The minimum Gasteiger partial charge on any atom is -0.490 e. The minimum atomic E-state index is -4.78. The number of alkyl halides is 4. The number of carbonyl (C=O) groups excluding carboxylic acids is 2. The Morgan fingerprint density at radius 2 is 1.60 bits per heavy atom. The first-order chi connectivity index (χ1) is 22.2. The maximum atomic E-state index is 15.0. The monoisotopic (exact) mass is 678 g/mol. The molecule has 2 saturated heterocycles. The van der Waals surface area contributed by atoms with E-state index >= 15 is 4.39 Å². The molecule has 0 aliphatic carbocycles. The Hall–Kier alpha value is -4.24. The van der Waals surface area contributed by atoms with Crippen LogP contribution in [0.2, 0.25) is 0 Å². The number of nitrogens with one attached hydrogen (secondary N) is 1. The number of pyridine rings is 1. The number of amides is 2. The van der Waals surface area contributed by atoms with Crippen LogP contribution in [0, 0.1) is 0 Å². The van der Waals surface area contributed by atoms with Crippen LogP contribution in [-0.4, -0.2) is 92.1 Å². The van der Waals surface area contributed by atoms with Gasteiger partial charge in [-0.05, 0) is 60.5 Å². The summed E-state index contributed by atoms with van der Waals surface area (Å²) in [5.41, 5.74) is 1.06. The molecule has 2 aliphatic rings. The summed E-state index contributed by atoms with van der Waals surface area (Å²) in [6.07, 6.45) is -2.33. The third-order valence-electron chi connectivity index (χ3n) is 8.03. The molecule has 5 rings (SSSR count). The molecular weight excluding hydrogens is 644 g/mol. The average molecular weight is 679 g/mol. The maximum Gasteiger partial charge on any atom is 0.573 e. The van der Waals surface area contributed by atoms with Gasteiger partial charge in [-0.15, -0.1) is 13.2 Å². The first-order valence-electron chi connectivity index (χ1n) is 15.0. The smallest absolute Gasteiger partial charge is 0.490 e. The van der Waals surface area contributed by atoms with Gasteiger partial charge in [-0.2, -0.15) is 0 Å². The van der Waals surface area contributed by atoms with Gasteiger partial charge in [0.1, 0.15) is 29.5 Å². The number of nitrogens with zero attached hydrogens (tertiary/aromatic N) is 3. The second-order valence-electron chi connectivity index (χ2n) is 11.6. The van der Waals surface area contributed by atoms with E-state index in [9.17, 15) is 31.2 Å². The lowest BCUT2D eigenvalue weighted by molar-refractivity contribution is -0.274. The average Bonchev–Trinajstić information content (AvgIpc) is 3.02. The molecule has 1 N–H and O–H groups in total. The number of aromatic nitrogens is 1. The third-order valence-corrected chi connectivity index (χ3v) is 9.16. The first-order valence-corrected chi connectivity index (χ1v) is 16.9. The zero-order valence-corrected chi connectivity index (χ0v) is 26.3. The van der Waals surface area contributed by atoms with E-state index in [4.69, 9.17) is 4.74 Å². The highest BCUT2D eigenvalue weighted by Gasteiger charge is 2.32. The Morgan fingerprint density at radius 3 is 2.17 bits per heavy atom. The Kier molecular flexibility index (Phi) is 10.3. The lowest BCUT2D eigenvalue weighted by Crippen LogP contribution is -2.52. The number of sulfone groups is 1. The second kappa shape index (κ2) is 14.3. The van der Waals surface area contributed by atoms with Crippen LogP contribution in [0.1, 0.15) is 45.7 Å². The van der Waals surface area contributed by atoms with Crippen molar-refractivity contribution in [2.24, 2.45) is 0 Å². The molecule has 10 nitrogen and oxygen atoms in total. The van der Waals surface area contributed by atoms with Gasteiger partial charge in [-0.25, -0.2) is 12.8 Å². The molecule has 2 atom stereocenters. The van der Waals surface area contributed by atoms with Crippen molar-refractivity contribution in [1.82, 2.24) is 20.1 Å². The number of likely N-dealkylation sites (tertiary alicyclic amines) is 2. The van der Waals surface area contributed by atoms with Crippen LogP contribution in [0.25, 0.3) is 0 Å². The lowest BCUT2D eigenvalue weighted by Gasteiger charge is -2.35. The summed E-state index contributed by atoms with van der Waals surface area (Å²) in [5, 5.41) is 2.68. The van der Waals surface area contributed by atoms with Crippen LogP contribution < -0.4 is 14.8 Å². The summed E-state index contributed by atoms with van der Waals surface area (Å²) in [5.74, 6) is -0.578. The number of halogens is 4. The second-order valence-corrected chi connectivity index (χ2v) is 13.6. The van der Waals surface area contributed by atoms with Crippen molar-refractivity contribution in [3.8, 4) is 11.5 Å². The summed E-state index contributed by atoms with van der Waals surface area (Å²) in [6.45, 7) is 1.72. The van der Waals surface area contributed by atoms with E-state index in [2.05, 4.69) is 15.0 Å². The number of hydrogen-bond acceptors (Lipinski definition) is 8. The summed E-state index contributed by atoms with van der Waals surface area (Å²) in [4.78, 5) is 33.7. The molecule has 1 aromatic heterocycles. The van der Waals surface area contributed by atoms with E-state index in [1.54, 1.807) is 17.0 Å². The number of piperidine rings is 2. The molecule has 3 aromatic rings. The van der Waals surface area contributed by atoms with Crippen LogP contribution in [0.15, 0.2) is 71.8 Å². The fourth-order valence-corrected chi connectivity index (χ4v) is 6.17. The van der Waals surface area contributed by atoms with Crippen molar-refractivity contribution in [3.63, 3.8) is 0 Å². The molecule has 47 heavy (non-hydrogen) atoms. The van der Waals surface area contributed by atoms with Gasteiger partial charge in [0.25, 0.3) is 11.8 Å². The molecule has 2 unspecified atom stereocenters. The fourth-order valence-electron chi connectivity index (χ4n) is 5.54. The number of rotatable bonds is 9. The van der Waals surface area contributed by atoms with Crippen LogP contribution in [-0.2, 0) is 16.4 Å². The standard InChI is InChI=1S/C32H34F4N4O6S/c1-47(43,44)26-9-7-23(8-10-26)45-24-12-16-40(17-13-24)31(42)22-4-11-29(37-18-22)30(41)38-28-14-15-39(20-27(28)33)19-21-2-5-25(6-3-21)46-32(34,35)36/h2-11,18,24,27-28H,12-17,19-20H2,1H3,(H,38,41). The molecule has 0 radical (unpaired) electrons. The van der Waals surface area contributed by atoms with Crippen LogP contribution >= 0.6 is 0 Å². The normalized spacial score (nSPS) is 19.6. The van der Waals surface area contributed by atoms with E-state index in [-0.39, 0.29) is 34.9 Å². The topological polar surface area (TPSA) is 118 Å². The van der Waals surface area contributed by atoms with Crippen molar-refractivity contribution in [3.05, 3.63) is 83.7 Å². The molecule has 2 amide bonds. The molecular formula is C32H34F4N4O6S. The first kappa shape index (κ1) is 34.1. The largest absolute Gasteiger partial charge is 0.573 e. The van der Waals surface area contributed by atoms with Crippen molar-refractivity contribution >= 4 is 21.7 Å². The highest BCUT2D eigenvalue weighted by molar-refractivity contribution is 7.90. The number of ether oxygens (including phenoxy) is 2. The minimum absolute atomic E-state index is 0.0316. The lowest BCUT2D eigenvalue weighted by atomic mass is 10.0. The summed E-state index contributed by atoms with van der Waals surface area (Å²) >= 11 is 0. The highest BCUT2D eigenvalue weighted by atomic mass is 32.2. The number of benzene rings is 2. The van der Waals surface area contributed by atoms with E-state index in [1.165, 1.54) is 54.7 Å².